The number of carbonyl (C=O) groups is 2. The van der Waals surface area contributed by atoms with Gasteiger partial charge in [-0.2, -0.15) is 0 Å². The zero-order valence-corrected chi connectivity index (χ0v) is 10.5. The lowest BCUT2D eigenvalue weighted by Gasteiger charge is -2.41. The van der Waals surface area contributed by atoms with Crippen LogP contribution in [0.5, 0.6) is 0 Å². The number of carboxylic acid groups (broad SMARTS) is 1. The third kappa shape index (κ3) is 3.70. The number of hydrogen-bond acceptors (Lipinski definition) is 3. The van der Waals surface area contributed by atoms with Crippen LogP contribution in [0.4, 0.5) is 0 Å². The molecule has 0 aliphatic heterocycles. The molecule has 0 spiro atoms. The molecule has 1 amide bonds. The molecule has 0 radical (unpaired) electrons. The molecule has 2 unspecified atom stereocenters. The van der Waals surface area contributed by atoms with E-state index in [-0.39, 0.29) is 29.7 Å². The molecule has 2 atom stereocenters. The molecular formula is C12H22N2O3. The van der Waals surface area contributed by atoms with Gasteiger partial charge in [-0.25, -0.2) is 0 Å². The maximum atomic E-state index is 11.7. The Morgan fingerprint density at radius 1 is 1.41 bits per heavy atom. The zero-order valence-electron chi connectivity index (χ0n) is 10.5. The highest BCUT2D eigenvalue weighted by Gasteiger charge is 2.39. The molecule has 1 aliphatic rings. The van der Waals surface area contributed by atoms with Gasteiger partial charge in [0, 0.05) is 18.5 Å². The van der Waals surface area contributed by atoms with Gasteiger partial charge in [-0.1, -0.05) is 13.3 Å². The molecule has 0 aromatic carbocycles. The molecule has 1 aliphatic carbocycles. The summed E-state index contributed by atoms with van der Waals surface area (Å²) in [6.45, 7) is 4.03. The van der Waals surface area contributed by atoms with Gasteiger partial charge < -0.3 is 16.2 Å². The Kier molecular flexibility index (Phi) is 4.51. The van der Waals surface area contributed by atoms with Crippen molar-refractivity contribution >= 4 is 11.9 Å². The third-order valence-corrected chi connectivity index (χ3v) is 3.78. The van der Waals surface area contributed by atoms with Crippen LogP contribution in [0.3, 0.4) is 0 Å². The molecule has 4 N–H and O–H groups in total. The molecular weight excluding hydrogens is 220 g/mol. The fourth-order valence-corrected chi connectivity index (χ4v) is 2.09. The molecule has 0 heterocycles. The van der Waals surface area contributed by atoms with Gasteiger partial charge in [-0.05, 0) is 25.2 Å². The SMILES string of the molecule is CC(N)C(C)C(=O)NCC1(CC(=O)O)CCC1. The monoisotopic (exact) mass is 242 g/mol. The average Bonchev–Trinajstić information content (AvgIpc) is 2.19. The van der Waals surface area contributed by atoms with Crippen LogP contribution in [-0.2, 0) is 9.59 Å². The summed E-state index contributed by atoms with van der Waals surface area (Å²) < 4.78 is 0. The molecule has 5 heteroatoms. The molecule has 98 valence electrons. The van der Waals surface area contributed by atoms with E-state index in [2.05, 4.69) is 5.32 Å². The van der Waals surface area contributed by atoms with Gasteiger partial charge in [0.2, 0.25) is 5.91 Å². The molecule has 1 rings (SSSR count). The van der Waals surface area contributed by atoms with Crippen molar-refractivity contribution in [1.29, 1.82) is 0 Å². The standard InChI is InChI=1S/C12H22N2O3/c1-8(9(2)13)11(17)14-7-12(4-3-5-12)6-10(15)16/h8-9H,3-7,13H2,1-2H3,(H,14,17)(H,15,16). The fourth-order valence-electron chi connectivity index (χ4n) is 2.09. The molecule has 1 saturated carbocycles. The molecule has 0 saturated heterocycles. The predicted octanol–water partition coefficient (Wildman–Crippen LogP) is 0.731. The topological polar surface area (TPSA) is 92.4 Å². The van der Waals surface area contributed by atoms with E-state index in [1.165, 1.54) is 0 Å². The Morgan fingerprint density at radius 3 is 2.35 bits per heavy atom. The van der Waals surface area contributed by atoms with Crippen LogP contribution < -0.4 is 11.1 Å². The van der Waals surface area contributed by atoms with Crippen molar-refractivity contribution in [2.75, 3.05) is 6.54 Å². The van der Waals surface area contributed by atoms with Crippen LogP contribution in [0.1, 0.15) is 39.5 Å². The van der Waals surface area contributed by atoms with E-state index in [1.807, 2.05) is 0 Å². The van der Waals surface area contributed by atoms with Gasteiger partial charge in [-0.15, -0.1) is 0 Å². The summed E-state index contributed by atoms with van der Waals surface area (Å²) in [5, 5.41) is 11.7. The minimum Gasteiger partial charge on any atom is -0.481 e. The van der Waals surface area contributed by atoms with Crippen molar-refractivity contribution < 1.29 is 14.7 Å². The van der Waals surface area contributed by atoms with Crippen LogP contribution in [0.2, 0.25) is 0 Å². The second kappa shape index (κ2) is 5.49. The highest BCUT2D eigenvalue weighted by atomic mass is 16.4. The van der Waals surface area contributed by atoms with E-state index < -0.39 is 5.97 Å². The first-order valence-corrected chi connectivity index (χ1v) is 6.11. The van der Waals surface area contributed by atoms with Gasteiger partial charge in [0.15, 0.2) is 0 Å². The first kappa shape index (κ1) is 14.0. The number of nitrogens with two attached hydrogens (primary N) is 1. The van der Waals surface area contributed by atoms with Crippen molar-refractivity contribution in [3.63, 3.8) is 0 Å². The molecule has 0 aromatic heterocycles. The van der Waals surface area contributed by atoms with Gasteiger partial charge in [0.1, 0.15) is 0 Å². The summed E-state index contributed by atoms with van der Waals surface area (Å²) >= 11 is 0. The third-order valence-electron chi connectivity index (χ3n) is 3.78. The van der Waals surface area contributed by atoms with Crippen LogP contribution in [0.25, 0.3) is 0 Å². The van der Waals surface area contributed by atoms with E-state index >= 15 is 0 Å². The first-order valence-electron chi connectivity index (χ1n) is 6.11. The number of rotatable bonds is 6. The number of hydrogen-bond donors (Lipinski definition) is 3. The van der Waals surface area contributed by atoms with Gasteiger partial charge in [0.25, 0.3) is 0 Å². The van der Waals surface area contributed by atoms with Crippen molar-refractivity contribution in [2.45, 2.75) is 45.6 Å². The summed E-state index contributed by atoms with van der Waals surface area (Å²) in [4.78, 5) is 22.5. The number of carboxylic acids is 1. The van der Waals surface area contributed by atoms with Crippen molar-refractivity contribution in [3.8, 4) is 0 Å². The van der Waals surface area contributed by atoms with Crippen molar-refractivity contribution in [2.24, 2.45) is 17.1 Å². The Bertz CT molecular complexity index is 298. The lowest BCUT2D eigenvalue weighted by molar-refractivity contribution is -0.142. The van der Waals surface area contributed by atoms with E-state index in [4.69, 9.17) is 10.8 Å². The summed E-state index contributed by atoms with van der Waals surface area (Å²) in [6.07, 6.45) is 2.95. The van der Waals surface area contributed by atoms with E-state index in [9.17, 15) is 9.59 Å². The molecule has 17 heavy (non-hydrogen) atoms. The second-order valence-electron chi connectivity index (χ2n) is 5.29. The highest BCUT2D eigenvalue weighted by molar-refractivity contribution is 5.79. The summed E-state index contributed by atoms with van der Waals surface area (Å²) in [6, 6.07) is -0.188. The molecule has 0 bridgehead atoms. The maximum Gasteiger partial charge on any atom is 0.303 e. The molecule has 0 aromatic rings. The maximum absolute atomic E-state index is 11.7. The van der Waals surface area contributed by atoms with E-state index in [1.54, 1.807) is 13.8 Å². The Labute approximate surface area is 102 Å². The quantitative estimate of drug-likeness (QED) is 0.640. The van der Waals surface area contributed by atoms with Crippen molar-refractivity contribution in [1.82, 2.24) is 5.32 Å². The highest BCUT2D eigenvalue weighted by Crippen LogP contribution is 2.43. The largest absolute Gasteiger partial charge is 0.481 e. The van der Waals surface area contributed by atoms with Crippen LogP contribution in [0.15, 0.2) is 0 Å². The van der Waals surface area contributed by atoms with Gasteiger partial charge >= 0.3 is 5.97 Å². The Balaban J connectivity index is 2.43. The number of amides is 1. The molecule has 1 fully saturated rings. The van der Waals surface area contributed by atoms with Gasteiger partial charge in [0.05, 0.1) is 6.42 Å². The predicted molar refractivity (Wildman–Crippen MR) is 64.4 cm³/mol. The summed E-state index contributed by atoms with van der Waals surface area (Å²) in [5.74, 6) is -1.12. The number of nitrogens with one attached hydrogen (secondary N) is 1. The summed E-state index contributed by atoms with van der Waals surface area (Å²) in [7, 11) is 0. The zero-order chi connectivity index (χ0) is 13.1. The van der Waals surface area contributed by atoms with Crippen LogP contribution in [0, 0.1) is 11.3 Å². The number of carbonyl (C=O) groups excluding carboxylic acids is 1. The smallest absolute Gasteiger partial charge is 0.303 e. The normalized spacial score (nSPS) is 21.1. The fraction of sp³-hybridized carbons (Fsp3) is 0.833. The lowest BCUT2D eigenvalue weighted by Crippen LogP contribution is -2.47. The van der Waals surface area contributed by atoms with Crippen LogP contribution in [-0.4, -0.2) is 29.6 Å². The molecule has 5 nitrogen and oxygen atoms in total. The minimum absolute atomic E-state index is 0.0864. The lowest BCUT2D eigenvalue weighted by atomic mass is 9.66. The van der Waals surface area contributed by atoms with Gasteiger partial charge in [-0.3, -0.25) is 9.59 Å². The Hall–Kier alpha value is -1.10. The minimum atomic E-state index is -0.792. The Morgan fingerprint density at radius 2 is 2.00 bits per heavy atom. The van der Waals surface area contributed by atoms with E-state index in [0.29, 0.717) is 6.54 Å². The van der Waals surface area contributed by atoms with Crippen molar-refractivity contribution in [3.05, 3.63) is 0 Å². The summed E-state index contributed by atoms with van der Waals surface area (Å²) in [5.41, 5.74) is 5.43. The second-order valence-corrected chi connectivity index (χ2v) is 5.29. The first-order chi connectivity index (χ1) is 7.86. The number of aliphatic carboxylic acids is 1. The van der Waals surface area contributed by atoms with Crippen LogP contribution >= 0.6 is 0 Å². The average molecular weight is 242 g/mol. The van der Waals surface area contributed by atoms with E-state index in [0.717, 1.165) is 19.3 Å².